The third-order valence-corrected chi connectivity index (χ3v) is 4.88. The largest absolute Gasteiger partial charge is 0.487 e. The Hall–Kier alpha value is -1.10. The zero-order valence-electron chi connectivity index (χ0n) is 14.9. The van der Waals surface area contributed by atoms with Crippen LogP contribution in [0, 0.1) is 0 Å². The third-order valence-electron chi connectivity index (χ3n) is 4.88. The summed E-state index contributed by atoms with van der Waals surface area (Å²) in [5, 5.41) is 3.63. The van der Waals surface area contributed by atoms with Gasteiger partial charge in [-0.2, -0.15) is 0 Å². The molecule has 0 amide bonds. The molecule has 4 nitrogen and oxygen atoms in total. The van der Waals surface area contributed by atoms with E-state index in [1.807, 2.05) is 0 Å². The van der Waals surface area contributed by atoms with Gasteiger partial charge < -0.3 is 14.8 Å². The summed E-state index contributed by atoms with van der Waals surface area (Å²) < 4.78 is 11.4. The van der Waals surface area contributed by atoms with Crippen molar-refractivity contribution in [1.29, 1.82) is 0 Å². The molecule has 2 aliphatic heterocycles. The molecule has 0 saturated carbocycles. The van der Waals surface area contributed by atoms with Gasteiger partial charge in [-0.15, -0.1) is 0 Å². The number of nitrogens with one attached hydrogen (secondary N) is 1. The van der Waals surface area contributed by atoms with Crippen molar-refractivity contribution in [2.24, 2.45) is 0 Å². The van der Waals surface area contributed by atoms with Crippen molar-refractivity contribution in [1.82, 2.24) is 10.2 Å². The molecule has 2 heterocycles. The second-order valence-electron chi connectivity index (χ2n) is 8.00. The number of nitrogens with zero attached hydrogens (tertiary/aromatic N) is 1. The minimum absolute atomic E-state index is 0.0628. The van der Waals surface area contributed by atoms with Gasteiger partial charge in [0.1, 0.15) is 11.4 Å². The lowest BCUT2D eigenvalue weighted by atomic mass is 9.99. The molecule has 0 atom stereocenters. The Kier molecular flexibility index (Phi) is 4.68. The summed E-state index contributed by atoms with van der Waals surface area (Å²) in [7, 11) is 0. The predicted octanol–water partition coefficient (Wildman–Crippen LogP) is 2.60. The van der Waals surface area contributed by atoms with Gasteiger partial charge in [-0.25, -0.2) is 0 Å². The zero-order chi connectivity index (χ0) is 16.5. The van der Waals surface area contributed by atoms with Crippen LogP contribution in [0.1, 0.15) is 38.8 Å². The molecule has 0 unspecified atom stereocenters. The maximum atomic E-state index is 5.95. The topological polar surface area (TPSA) is 33.7 Å². The van der Waals surface area contributed by atoms with E-state index in [0.29, 0.717) is 0 Å². The Labute approximate surface area is 140 Å². The summed E-state index contributed by atoms with van der Waals surface area (Å²) in [5.74, 6) is 1.05. The molecule has 0 aliphatic carbocycles. The minimum Gasteiger partial charge on any atom is -0.487 e. The number of hydrogen-bond donors (Lipinski definition) is 1. The number of benzene rings is 1. The number of fused-ring (bicyclic) bond motifs is 1. The van der Waals surface area contributed by atoms with Gasteiger partial charge in [0.15, 0.2) is 0 Å². The maximum Gasteiger partial charge on any atom is 0.123 e. The SMILES string of the molecule is CC1(C)Cc2cc(CNCC(C)(C)N3CCOCC3)ccc2O1. The first-order chi connectivity index (χ1) is 10.9. The van der Waals surface area contributed by atoms with Crippen LogP contribution in [0.4, 0.5) is 0 Å². The lowest BCUT2D eigenvalue weighted by molar-refractivity contribution is -0.00966. The molecule has 3 rings (SSSR count). The van der Waals surface area contributed by atoms with Crippen LogP contribution in [-0.2, 0) is 17.7 Å². The van der Waals surface area contributed by atoms with Gasteiger partial charge in [-0.3, -0.25) is 4.90 Å². The molecule has 1 N–H and O–H groups in total. The van der Waals surface area contributed by atoms with Crippen LogP contribution in [0.5, 0.6) is 5.75 Å². The van der Waals surface area contributed by atoms with E-state index in [2.05, 4.69) is 56.1 Å². The Morgan fingerprint density at radius 3 is 2.70 bits per heavy atom. The predicted molar refractivity (Wildman–Crippen MR) is 93.0 cm³/mol. The Morgan fingerprint density at radius 2 is 1.96 bits per heavy atom. The van der Waals surface area contributed by atoms with E-state index < -0.39 is 0 Å². The van der Waals surface area contributed by atoms with E-state index >= 15 is 0 Å². The van der Waals surface area contributed by atoms with Gasteiger partial charge in [0.2, 0.25) is 0 Å². The molecule has 0 bridgehead atoms. The van der Waals surface area contributed by atoms with Gasteiger partial charge in [0.05, 0.1) is 13.2 Å². The van der Waals surface area contributed by atoms with Crippen LogP contribution in [0.25, 0.3) is 0 Å². The normalized spacial score (nSPS) is 21.0. The third kappa shape index (κ3) is 4.06. The van der Waals surface area contributed by atoms with Crippen molar-refractivity contribution in [2.75, 3.05) is 32.8 Å². The fourth-order valence-corrected chi connectivity index (χ4v) is 3.57. The van der Waals surface area contributed by atoms with E-state index in [4.69, 9.17) is 9.47 Å². The first-order valence-corrected chi connectivity index (χ1v) is 8.70. The van der Waals surface area contributed by atoms with Gasteiger partial charge in [-0.1, -0.05) is 12.1 Å². The number of hydrogen-bond acceptors (Lipinski definition) is 4. The molecule has 1 fully saturated rings. The van der Waals surface area contributed by atoms with Crippen molar-refractivity contribution < 1.29 is 9.47 Å². The molecule has 0 radical (unpaired) electrons. The monoisotopic (exact) mass is 318 g/mol. The van der Waals surface area contributed by atoms with Gasteiger partial charge in [-0.05, 0) is 44.9 Å². The lowest BCUT2D eigenvalue weighted by Gasteiger charge is -2.41. The van der Waals surface area contributed by atoms with Crippen LogP contribution in [0.2, 0.25) is 0 Å². The van der Waals surface area contributed by atoms with Crippen LogP contribution in [0.15, 0.2) is 18.2 Å². The molecule has 4 heteroatoms. The highest BCUT2D eigenvalue weighted by Crippen LogP contribution is 2.35. The van der Waals surface area contributed by atoms with E-state index in [0.717, 1.165) is 51.6 Å². The van der Waals surface area contributed by atoms with Crippen molar-refractivity contribution >= 4 is 0 Å². The molecule has 128 valence electrons. The van der Waals surface area contributed by atoms with Gasteiger partial charge >= 0.3 is 0 Å². The Morgan fingerprint density at radius 1 is 1.22 bits per heavy atom. The Balaban J connectivity index is 1.53. The van der Waals surface area contributed by atoms with Crippen molar-refractivity contribution in [3.63, 3.8) is 0 Å². The van der Waals surface area contributed by atoms with Crippen LogP contribution in [-0.4, -0.2) is 48.9 Å². The highest BCUT2D eigenvalue weighted by molar-refractivity contribution is 5.41. The quantitative estimate of drug-likeness (QED) is 0.905. The second kappa shape index (κ2) is 6.42. The molecule has 1 saturated heterocycles. The van der Waals surface area contributed by atoms with Gasteiger partial charge in [0.25, 0.3) is 0 Å². The molecular weight excluding hydrogens is 288 g/mol. The lowest BCUT2D eigenvalue weighted by Crippen LogP contribution is -2.54. The first-order valence-electron chi connectivity index (χ1n) is 8.70. The standard InChI is InChI=1S/C19H30N2O2/c1-18(2,21-7-9-22-10-8-21)14-20-13-15-5-6-17-16(11-15)12-19(3,4)23-17/h5-6,11,20H,7-10,12-14H2,1-4H3. The van der Waals surface area contributed by atoms with Gasteiger partial charge in [0, 0.05) is 38.1 Å². The summed E-state index contributed by atoms with van der Waals surface area (Å²) in [4.78, 5) is 2.52. The number of rotatable bonds is 5. The minimum atomic E-state index is -0.0628. The molecular formula is C19H30N2O2. The van der Waals surface area contributed by atoms with Crippen molar-refractivity contribution in [2.45, 2.75) is 51.8 Å². The van der Waals surface area contributed by atoms with Crippen LogP contribution >= 0.6 is 0 Å². The summed E-state index contributed by atoms with van der Waals surface area (Å²) in [6.45, 7) is 14.6. The molecule has 1 aromatic rings. The average Bonchev–Trinajstić information content (AvgIpc) is 2.81. The summed E-state index contributed by atoms with van der Waals surface area (Å²) in [5.41, 5.74) is 2.77. The fourth-order valence-electron chi connectivity index (χ4n) is 3.57. The summed E-state index contributed by atoms with van der Waals surface area (Å²) >= 11 is 0. The number of morpholine rings is 1. The molecule has 1 aromatic carbocycles. The number of ether oxygens (including phenoxy) is 2. The smallest absolute Gasteiger partial charge is 0.123 e. The molecule has 2 aliphatic rings. The highest BCUT2D eigenvalue weighted by atomic mass is 16.5. The zero-order valence-corrected chi connectivity index (χ0v) is 14.9. The summed E-state index contributed by atoms with van der Waals surface area (Å²) in [6, 6.07) is 6.59. The fraction of sp³-hybridized carbons (Fsp3) is 0.684. The molecule has 0 aromatic heterocycles. The Bertz CT molecular complexity index is 548. The second-order valence-corrected chi connectivity index (χ2v) is 8.00. The highest BCUT2D eigenvalue weighted by Gasteiger charge is 2.30. The van der Waals surface area contributed by atoms with Crippen molar-refractivity contribution in [3.05, 3.63) is 29.3 Å². The molecule has 0 spiro atoms. The maximum absolute atomic E-state index is 5.95. The van der Waals surface area contributed by atoms with Crippen LogP contribution < -0.4 is 10.1 Å². The van der Waals surface area contributed by atoms with E-state index in [1.54, 1.807) is 0 Å². The first kappa shape index (κ1) is 16.7. The van der Waals surface area contributed by atoms with E-state index in [-0.39, 0.29) is 11.1 Å². The van der Waals surface area contributed by atoms with E-state index in [1.165, 1.54) is 11.1 Å². The average molecular weight is 318 g/mol. The molecule has 23 heavy (non-hydrogen) atoms. The summed E-state index contributed by atoms with van der Waals surface area (Å²) in [6.07, 6.45) is 0.995. The van der Waals surface area contributed by atoms with Crippen LogP contribution in [0.3, 0.4) is 0 Å². The van der Waals surface area contributed by atoms with Crippen molar-refractivity contribution in [3.8, 4) is 5.75 Å². The van der Waals surface area contributed by atoms with E-state index in [9.17, 15) is 0 Å².